The van der Waals surface area contributed by atoms with Crippen molar-refractivity contribution in [2.24, 2.45) is 0 Å². The molecule has 1 aromatic rings. The highest BCUT2D eigenvalue weighted by atomic mass is 16.3. The Balaban J connectivity index is 2.45. The van der Waals surface area contributed by atoms with Crippen LogP contribution in [0, 0.1) is 13.8 Å². The fourth-order valence-electron chi connectivity index (χ4n) is 3.23. The van der Waals surface area contributed by atoms with Crippen molar-refractivity contribution < 1.29 is 5.11 Å². The van der Waals surface area contributed by atoms with Crippen LogP contribution in [-0.2, 0) is 0 Å². The molecule has 1 unspecified atom stereocenters. The van der Waals surface area contributed by atoms with Gasteiger partial charge in [-0.05, 0) is 43.7 Å². The number of rotatable bonds is 10. The van der Waals surface area contributed by atoms with Gasteiger partial charge in [0.05, 0.1) is 0 Å². The van der Waals surface area contributed by atoms with Crippen molar-refractivity contribution in [3.8, 4) is 5.75 Å². The minimum Gasteiger partial charge on any atom is -0.507 e. The predicted molar refractivity (Wildman–Crippen MR) is 93.2 cm³/mol. The number of hydrogen-bond acceptors (Lipinski definition) is 1. The van der Waals surface area contributed by atoms with E-state index in [9.17, 15) is 5.11 Å². The molecule has 0 spiro atoms. The topological polar surface area (TPSA) is 20.2 Å². The van der Waals surface area contributed by atoms with Crippen molar-refractivity contribution in [3.63, 3.8) is 0 Å². The Hall–Kier alpha value is -0.980. The third kappa shape index (κ3) is 6.11. The van der Waals surface area contributed by atoms with E-state index < -0.39 is 0 Å². The smallest absolute Gasteiger partial charge is 0.121 e. The van der Waals surface area contributed by atoms with Crippen molar-refractivity contribution in [3.05, 3.63) is 28.8 Å². The number of aryl methyl sites for hydroxylation is 2. The zero-order chi connectivity index (χ0) is 15.7. The average molecular weight is 290 g/mol. The lowest BCUT2D eigenvalue weighted by Gasteiger charge is -2.18. The summed E-state index contributed by atoms with van der Waals surface area (Å²) < 4.78 is 0. The van der Waals surface area contributed by atoms with Gasteiger partial charge in [-0.25, -0.2) is 0 Å². The lowest BCUT2D eigenvalue weighted by molar-refractivity contribution is 0.445. The van der Waals surface area contributed by atoms with E-state index in [1.54, 1.807) is 0 Å². The first-order valence-corrected chi connectivity index (χ1v) is 8.90. The largest absolute Gasteiger partial charge is 0.507 e. The molecule has 0 fully saturated rings. The first-order valence-electron chi connectivity index (χ1n) is 8.90. The first-order chi connectivity index (χ1) is 10.1. The van der Waals surface area contributed by atoms with Crippen LogP contribution in [0.2, 0.25) is 0 Å². The van der Waals surface area contributed by atoms with E-state index in [0.717, 1.165) is 12.0 Å². The Labute approximate surface area is 131 Å². The van der Waals surface area contributed by atoms with E-state index in [0.29, 0.717) is 11.7 Å². The Morgan fingerprint density at radius 2 is 1.52 bits per heavy atom. The normalized spacial score (nSPS) is 12.6. The molecule has 0 bridgehead atoms. The molecule has 1 N–H and O–H groups in total. The highest BCUT2D eigenvalue weighted by Crippen LogP contribution is 2.35. The second-order valence-corrected chi connectivity index (χ2v) is 6.53. The van der Waals surface area contributed by atoms with Crippen LogP contribution in [0.15, 0.2) is 12.1 Å². The molecule has 21 heavy (non-hydrogen) atoms. The van der Waals surface area contributed by atoms with Crippen molar-refractivity contribution >= 4 is 0 Å². The SMILES string of the molecule is CCCCCCCCCC(CC)c1cc(C)cc(C)c1O. The number of hydrogen-bond donors (Lipinski definition) is 1. The molecule has 1 atom stereocenters. The highest BCUT2D eigenvalue weighted by molar-refractivity contribution is 5.44. The summed E-state index contributed by atoms with van der Waals surface area (Å²) in [7, 11) is 0. The molecule has 0 aromatic heterocycles. The number of unbranched alkanes of at least 4 members (excludes halogenated alkanes) is 6. The summed E-state index contributed by atoms with van der Waals surface area (Å²) in [6.07, 6.45) is 11.8. The van der Waals surface area contributed by atoms with Crippen molar-refractivity contribution in [2.75, 3.05) is 0 Å². The maximum atomic E-state index is 10.3. The average Bonchev–Trinajstić information content (AvgIpc) is 2.46. The van der Waals surface area contributed by atoms with Crippen LogP contribution in [0.1, 0.15) is 94.2 Å². The second-order valence-electron chi connectivity index (χ2n) is 6.53. The van der Waals surface area contributed by atoms with Crippen LogP contribution >= 0.6 is 0 Å². The van der Waals surface area contributed by atoms with E-state index in [1.807, 2.05) is 6.92 Å². The number of phenolic OH excluding ortho intramolecular Hbond substituents is 1. The summed E-state index contributed by atoms with van der Waals surface area (Å²) >= 11 is 0. The molecule has 0 saturated heterocycles. The molecule has 1 aromatic carbocycles. The summed E-state index contributed by atoms with van der Waals surface area (Å²) in [5.41, 5.74) is 3.45. The van der Waals surface area contributed by atoms with Gasteiger partial charge in [0.25, 0.3) is 0 Å². The molecule has 0 aliphatic carbocycles. The molecule has 0 aliphatic rings. The van der Waals surface area contributed by atoms with Gasteiger partial charge in [0.15, 0.2) is 0 Å². The zero-order valence-electron chi connectivity index (χ0n) is 14.5. The van der Waals surface area contributed by atoms with Gasteiger partial charge in [-0.2, -0.15) is 0 Å². The highest BCUT2D eigenvalue weighted by Gasteiger charge is 2.15. The molecule has 1 rings (SSSR count). The minimum atomic E-state index is 0.513. The summed E-state index contributed by atoms with van der Waals surface area (Å²) in [5, 5.41) is 10.3. The summed E-state index contributed by atoms with van der Waals surface area (Å²) in [6.45, 7) is 8.63. The van der Waals surface area contributed by atoms with Gasteiger partial charge >= 0.3 is 0 Å². The van der Waals surface area contributed by atoms with Crippen molar-refractivity contribution in [1.29, 1.82) is 0 Å². The van der Waals surface area contributed by atoms with Gasteiger partial charge in [0.2, 0.25) is 0 Å². The van der Waals surface area contributed by atoms with Gasteiger partial charge in [0.1, 0.15) is 5.75 Å². The minimum absolute atomic E-state index is 0.513. The van der Waals surface area contributed by atoms with Crippen LogP contribution in [-0.4, -0.2) is 5.11 Å². The standard InChI is InChI=1S/C20H34O/c1-5-7-8-9-10-11-12-13-18(6-2)19-15-16(3)14-17(4)20(19)21/h14-15,18,21H,5-13H2,1-4H3. The van der Waals surface area contributed by atoms with Gasteiger partial charge < -0.3 is 5.11 Å². The van der Waals surface area contributed by atoms with Crippen molar-refractivity contribution in [2.45, 2.75) is 91.4 Å². The zero-order valence-corrected chi connectivity index (χ0v) is 14.5. The maximum Gasteiger partial charge on any atom is 0.121 e. The predicted octanol–water partition coefficient (Wildman–Crippen LogP) is 6.64. The molecule has 0 amide bonds. The number of benzene rings is 1. The summed E-state index contributed by atoms with van der Waals surface area (Å²) in [5.74, 6) is 1.04. The summed E-state index contributed by atoms with van der Waals surface area (Å²) in [6, 6.07) is 4.25. The molecular formula is C20H34O. The third-order valence-electron chi connectivity index (χ3n) is 4.56. The van der Waals surface area contributed by atoms with E-state index in [4.69, 9.17) is 0 Å². The number of aromatic hydroxyl groups is 1. The van der Waals surface area contributed by atoms with E-state index in [-0.39, 0.29) is 0 Å². The fourth-order valence-corrected chi connectivity index (χ4v) is 3.23. The Bertz CT molecular complexity index is 409. The first kappa shape index (κ1) is 18.1. The molecule has 0 radical (unpaired) electrons. The quantitative estimate of drug-likeness (QED) is 0.479. The fraction of sp³-hybridized carbons (Fsp3) is 0.700. The maximum absolute atomic E-state index is 10.3. The van der Waals surface area contributed by atoms with Crippen LogP contribution in [0.3, 0.4) is 0 Å². The molecule has 1 nitrogen and oxygen atoms in total. The Morgan fingerprint density at radius 1 is 0.905 bits per heavy atom. The lowest BCUT2D eigenvalue weighted by Crippen LogP contribution is -2.00. The van der Waals surface area contributed by atoms with Gasteiger partial charge in [-0.15, -0.1) is 0 Å². The molecule has 0 saturated carbocycles. The summed E-state index contributed by atoms with van der Waals surface area (Å²) in [4.78, 5) is 0. The molecule has 0 aliphatic heterocycles. The Kier molecular flexibility index (Phi) is 8.49. The Morgan fingerprint density at radius 3 is 2.14 bits per heavy atom. The van der Waals surface area contributed by atoms with Crippen LogP contribution in [0.25, 0.3) is 0 Å². The van der Waals surface area contributed by atoms with E-state index >= 15 is 0 Å². The van der Waals surface area contributed by atoms with Crippen LogP contribution in [0.5, 0.6) is 5.75 Å². The van der Waals surface area contributed by atoms with Gasteiger partial charge in [-0.1, -0.05) is 76.5 Å². The van der Waals surface area contributed by atoms with Gasteiger partial charge in [0, 0.05) is 0 Å². The van der Waals surface area contributed by atoms with Gasteiger partial charge in [-0.3, -0.25) is 0 Å². The molecule has 120 valence electrons. The molecule has 1 heteroatoms. The van der Waals surface area contributed by atoms with Crippen molar-refractivity contribution in [1.82, 2.24) is 0 Å². The number of phenols is 1. The van der Waals surface area contributed by atoms with Crippen LogP contribution in [0.4, 0.5) is 0 Å². The van der Waals surface area contributed by atoms with Crippen LogP contribution < -0.4 is 0 Å². The second kappa shape index (κ2) is 9.87. The monoisotopic (exact) mass is 290 g/mol. The molecule has 0 heterocycles. The van der Waals surface area contributed by atoms with E-state index in [1.165, 1.54) is 62.5 Å². The molecular weight excluding hydrogens is 256 g/mol. The van der Waals surface area contributed by atoms with E-state index in [2.05, 4.69) is 32.9 Å². The third-order valence-corrected chi connectivity index (χ3v) is 4.56. The lowest BCUT2D eigenvalue weighted by atomic mass is 9.88.